The van der Waals surface area contributed by atoms with Gasteiger partial charge in [0.05, 0.1) is 7.11 Å². The summed E-state index contributed by atoms with van der Waals surface area (Å²) in [5.41, 5.74) is 5.59. The van der Waals surface area contributed by atoms with Crippen molar-refractivity contribution in [1.82, 2.24) is 0 Å². The fourth-order valence-corrected chi connectivity index (χ4v) is 4.37. The summed E-state index contributed by atoms with van der Waals surface area (Å²) in [7, 11) is 1.39. The van der Waals surface area contributed by atoms with E-state index in [-0.39, 0.29) is 5.97 Å². The van der Waals surface area contributed by atoms with Crippen molar-refractivity contribution >= 4 is 45.3 Å². The van der Waals surface area contributed by atoms with Crippen LogP contribution < -0.4 is 10.6 Å². The third kappa shape index (κ3) is 4.08. The van der Waals surface area contributed by atoms with Crippen molar-refractivity contribution < 1.29 is 9.53 Å². The highest BCUT2D eigenvalue weighted by Crippen LogP contribution is 2.40. The number of hydrogen-bond donors (Lipinski definition) is 2. The molecule has 2 aromatic carbocycles. The van der Waals surface area contributed by atoms with E-state index >= 15 is 0 Å². The van der Waals surface area contributed by atoms with Gasteiger partial charge in [0.15, 0.2) is 5.11 Å². The number of carbonyl (C=O) groups is 1. The van der Waals surface area contributed by atoms with Crippen molar-refractivity contribution in [3.05, 3.63) is 70.1 Å². The first-order chi connectivity index (χ1) is 13.4. The molecule has 0 aliphatic carbocycles. The van der Waals surface area contributed by atoms with Crippen molar-refractivity contribution in [2.45, 2.75) is 20.8 Å². The van der Waals surface area contributed by atoms with E-state index in [1.54, 1.807) is 0 Å². The Bertz CT molecular complexity index is 1030. The molecule has 0 fully saturated rings. The summed E-state index contributed by atoms with van der Waals surface area (Å²) < 4.78 is 5.05. The van der Waals surface area contributed by atoms with Gasteiger partial charge < -0.3 is 15.4 Å². The van der Waals surface area contributed by atoms with Gasteiger partial charge in [-0.2, -0.15) is 0 Å². The molecule has 0 spiro atoms. The fraction of sp³-hybridized carbons (Fsp3) is 0.182. The lowest BCUT2D eigenvalue weighted by atomic mass is 10.0. The molecule has 0 aliphatic rings. The summed E-state index contributed by atoms with van der Waals surface area (Å²) in [4.78, 5) is 13.6. The van der Waals surface area contributed by atoms with Crippen molar-refractivity contribution in [2.24, 2.45) is 0 Å². The minimum Gasteiger partial charge on any atom is -0.465 e. The van der Waals surface area contributed by atoms with Gasteiger partial charge in [0.1, 0.15) is 10.6 Å². The Kier molecular flexibility index (Phi) is 6.11. The molecule has 6 heteroatoms. The summed E-state index contributed by atoms with van der Waals surface area (Å²) in [6.45, 7) is 6.09. The van der Waals surface area contributed by atoms with Crippen LogP contribution in [0.3, 0.4) is 0 Å². The second kappa shape index (κ2) is 8.54. The van der Waals surface area contributed by atoms with Gasteiger partial charge in [-0.05, 0) is 55.7 Å². The Morgan fingerprint density at radius 2 is 1.71 bits per heavy atom. The minimum absolute atomic E-state index is 0.389. The van der Waals surface area contributed by atoms with Gasteiger partial charge in [0.25, 0.3) is 0 Å². The van der Waals surface area contributed by atoms with Crippen LogP contribution in [0, 0.1) is 20.8 Å². The summed E-state index contributed by atoms with van der Waals surface area (Å²) in [5, 5.41) is 7.52. The van der Waals surface area contributed by atoms with E-state index in [0.29, 0.717) is 15.7 Å². The zero-order valence-electron chi connectivity index (χ0n) is 16.3. The summed E-state index contributed by atoms with van der Waals surface area (Å²) in [5.74, 6) is -0.389. The van der Waals surface area contributed by atoms with Gasteiger partial charge in [0, 0.05) is 16.1 Å². The number of esters is 1. The van der Waals surface area contributed by atoms with E-state index in [1.807, 2.05) is 56.3 Å². The lowest BCUT2D eigenvalue weighted by Crippen LogP contribution is -2.20. The highest BCUT2D eigenvalue weighted by molar-refractivity contribution is 7.80. The zero-order valence-corrected chi connectivity index (χ0v) is 17.9. The highest BCUT2D eigenvalue weighted by atomic mass is 32.1. The second-order valence-corrected chi connectivity index (χ2v) is 8.05. The number of nitrogens with one attached hydrogen (secondary N) is 2. The van der Waals surface area contributed by atoms with Crippen molar-refractivity contribution in [3.8, 4) is 11.1 Å². The predicted molar refractivity (Wildman–Crippen MR) is 122 cm³/mol. The maximum Gasteiger partial charge on any atom is 0.341 e. The average molecular weight is 411 g/mol. The first kappa shape index (κ1) is 20.0. The summed E-state index contributed by atoms with van der Waals surface area (Å²) in [6.07, 6.45) is 0. The van der Waals surface area contributed by atoms with Crippen LogP contribution in [0.2, 0.25) is 0 Å². The molecule has 4 nitrogen and oxygen atoms in total. The summed E-state index contributed by atoms with van der Waals surface area (Å²) in [6, 6.07) is 15.8. The van der Waals surface area contributed by atoms with E-state index < -0.39 is 0 Å². The molecule has 0 saturated carbocycles. The van der Waals surface area contributed by atoms with Crippen LogP contribution in [0.15, 0.2) is 48.5 Å². The number of thiophene rings is 1. The molecule has 0 aliphatic heterocycles. The lowest BCUT2D eigenvalue weighted by molar-refractivity contribution is 0.0603. The normalized spacial score (nSPS) is 10.4. The average Bonchev–Trinajstić information content (AvgIpc) is 3.01. The smallest absolute Gasteiger partial charge is 0.341 e. The molecule has 3 aromatic rings. The molecular weight excluding hydrogens is 388 g/mol. The number of benzene rings is 2. The number of carbonyl (C=O) groups excluding carboxylic acids is 1. The number of hydrogen-bond acceptors (Lipinski definition) is 4. The van der Waals surface area contributed by atoms with Gasteiger partial charge in [-0.3, -0.25) is 0 Å². The monoisotopic (exact) mass is 410 g/mol. The van der Waals surface area contributed by atoms with Gasteiger partial charge >= 0.3 is 5.97 Å². The topological polar surface area (TPSA) is 50.4 Å². The van der Waals surface area contributed by atoms with Gasteiger partial charge in [-0.1, -0.05) is 42.5 Å². The van der Waals surface area contributed by atoms with E-state index in [0.717, 1.165) is 27.3 Å². The Balaban J connectivity index is 1.95. The number of anilines is 2. The van der Waals surface area contributed by atoms with Crippen molar-refractivity contribution in [1.29, 1.82) is 0 Å². The molecule has 0 unspecified atom stereocenters. The lowest BCUT2D eigenvalue weighted by Gasteiger charge is -2.14. The van der Waals surface area contributed by atoms with Crippen molar-refractivity contribution in [2.75, 3.05) is 17.7 Å². The maximum absolute atomic E-state index is 12.6. The fourth-order valence-electron chi connectivity index (χ4n) is 3.03. The highest BCUT2D eigenvalue weighted by Gasteiger charge is 2.24. The molecule has 0 bridgehead atoms. The van der Waals surface area contributed by atoms with Crippen LogP contribution >= 0.6 is 23.6 Å². The number of methoxy groups -OCH3 is 1. The van der Waals surface area contributed by atoms with E-state index in [9.17, 15) is 4.79 Å². The largest absolute Gasteiger partial charge is 0.465 e. The molecule has 28 heavy (non-hydrogen) atoms. The second-order valence-electron chi connectivity index (χ2n) is 6.42. The molecule has 2 N–H and O–H groups in total. The molecule has 1 aromatic heterocycles. The first-order valence-corrected chi connectivity index (χ1v) is 10.1. The summed E-state index contributed by atoms with van der Waals surface area (Å²) >= 11 is 6.99. The van der Waals surface area contributed by atoms with Crippen LogP contribution in [-0.2, 0) is 4.74 Å². The third-order valence-corrected chi connectivity index (χ3v) is 5.84. The van der Waals surface area contributed by atoms with Crippen LogP contribution in [0.5, 0.6) is 0 Å². The Morgan fingerprint density at radius 1 is 1.00 bits per heavy atom. The molecule has 0 amide bonds. The predicted octanol–water partition coefficient (Wildman–Crippen LogP) is 5.94. The molecule has 3 rings (SSSR count). The molecule has 1 heterocycles. The Hall–Kier alpha value is -2.70. The quantitative estimate of drug-likeness (QED) is 0.412. The van der Waals surface area contributed by atoms with Gasteiger partial charge in [-0.15, -0.1) is 11.3 Å². The number of rotatable bonds is 4. The molecule has 0 radical (unpaired) electrons. The van der Waals surface area contributed by atoms with E-state index in [1.165, 1.54) is 24.0 Å². The Morgan fingerprint density at radius 3 is 2.39 bits per heavy atom. The molecule has 144 valence electrons. The van der Waals surface area contributed by atoms with Crippen LogP contribution in [0.4, 0.5) is 10.7 Å². The number of aryl methyl sites for hydroxylation is 2. The SMILES string of the molecule is COC(=O)c1c(NC(=S)Nc2cccc(C)c2C)sc(C)c1-c1ccccc1. The van der Waals surface area contributed by atoms with E-state index in [2.05, 4.69) is 23.6 Å². The Labute approximate surface area is 174 Å². The van der Waals surface area contributed by atoms with Gasteiger partial charge in [0.2, 0.25) is 0 Å². The first-order valence-electron chi connectivity index (χ1n) is 8.83. The van der Waals surface area contributed by atoms with Crippen LogP contribution in [0.1, 0.15) is 26.4 Å². The van der Waals surface area contributed by atoms with Crippen LogP contribution in [0.25, 0.3) is 11.1 Å². The van der Waals surface area contributed by atoms with Gasteiger partial charge in [-0.25, -0.2) is 4.79 Å². The van der Waals surface area contributed by atoms with Crippen molar-refractivity contribution in [3.63, 3.8) is 0 Å². The van der Waals surface area contributed by atoms with E-state index in [4.69, 9.17) is 17.0 Å². The molecule has 0 saturated heterocycles. The zero-order chi connectivity index (χ0) is 20.3. The number of ether oxygens (including phenoxy) is 1. The van der Waals surface area contributed by atoms with Crippen LogP contribution in [-0.4, -0.2) is 18.2 Å². The maximum atomic E-state index is 12.6. The number of thiocarbonyl (C=S) groups is 1. The molecule has 0 atom stereocenters. The molecular formula is C22H22N2O2S2. The third-order valence-electron chi connectivity index (χ3n) is 4.62. The minimum atomic E-state index is -0.389. The standard InChI is InChI=1S/C22H22N2O2S2/c1-13-9-8-12-17(14(13)2)23-22(27)24-20-19(21(25)26-4)18(15(3)28-20)16-10-6-5-7-11-16/h5-12H,1-4H3,(H2,23,24,27).